The molecule has 0 spiro atoms. The van der Waals surface area contributed by atoms with Crippen molar-refractivity contribution in [2.24, 2.45) is 0 Å². The number of fused-ring (bicyclic) bond motifs is 3. The van der Waals surface area contributed by atoms with E-state index in [-0.39, 0.29) is 18.3 Å². The largest absolute Gasteiger partial charge is 0.493 e. The van der Waals surface area contributed by atoms with Gasteiger partial charge in [0.15, 0.2) is 17.2 Å². The van der Waals surface area contributed by atoms with Crippen molar-refractivity contribution in [1.29, 1.82) is 0 Å². The molecule has 4 aromatic rings. The van der Waals surface area contributed by atoms with Crippen LogP contribution in [0.5, 0.6) is 11.5 Å². The van der Waals surface area contributed by atoms with Crippen molar-refractivity contribution in [3.05, 3.63) is 65.5 Å². The highest BCUT2D eigenvalue weighted by atomic mass is 19.1. The van der Waals surface area contributed by atoms with Gasteiger partial charge in [-0.2, -0.15) is 0 Å². The van der Waals surface area contributed by atoms with E-state index < -0.39 is 5.60 Å². The Hall–Kier alpha value is -4.16. The van der Waals surface area contributed by atoms with E-state index in [0.717, 1.165) is 16.7 Å². The van der Waals surface area contributed by atoms with Crippen molar-refractivity contribution < 1.29 is 19.0 Å². The first-order valence-electron chi connectivity index (χ1n) is 11.3. The number of anilines is 1. The van der Waals surface area contributed by atoms with Gasteiger partial charge in [0.05, 0.1) is 19.1 Å². The first-order valence-corrected chi connectivity index (χ1v) is 11.3. The number of ether oxygens (including phenoxy) is 2. The lowest BCUT2D eigenvalue weighted by molar-refractivity contribution is 0.143. The molecule has 2 aliphatic rings. The quantitative estimate of drug-likeness (QED) is 0.410. The molecule has 9 heteroatoms. The first-order chi connectivity index (χ1) is 16.9. The van der Waals surface area contributed by atoms with Crippen LogP contribution in [0, 0.1) is 17.7 Å². The van der Waals surface area contributed by atoms with Gasteiger partial charge < -0.3 is 19.9 Å². The Balaban J connectivity index is 1.50. The van der Waals surface area contributed by atoms with E-state index in [1.54, 1.807) is 36.8 Å². The second kappa shape index (κ2) is 7.96. The van der Waals surface area contributed by atoms with E-state index >= 15 is 0 Å². The number of nitrogens with zero attached hydrogens (tertiary/aromatic N) is 4. The summed E-state index contributed by atoms with van der Waals surface area (Å²) in [6.45, 7) is 4.25. The molecule has 2 N–H and O–H groups in total. The zero-order valence-electron chi connectivity index (χ0n) is 19.2. The lowest BCUT2D eigenvalue weighted by atomic mass is 9.96. The number of hydrogen-bond acceptors (Lipinski definition) is 7. The molecule has 0 saturated carbocycles. The molecule has 176 valence electrons. The number of hydrogen-bond donors (Lipinski definition) is 2. The monoisotopic (exact) mass is 471 g/mol. The highest BCUT2D eigenvalue weighted by Gasteiger charge is 2.31. The fraction of sp³-hybridized carbons (Fsp3) is 0.269. The summed E-state index contributed by atoms with van der Waals surface area (Å²) in [5, 5.41) is 21.9. The Labute approximate surface area is 200 Å². The normalized spacial score (nSPS) is 16.4. The van der Waals surface area contributed by atoms with E-state index in [0.29, 0.717) is 47.4 Å². The number of pyridine rings is 2. The summed E-state index contributed by atoms with van der Waals surface area (Å²) in [4.78, 5) is 4.42. The predicted octanol–water partition coefficient (Wildman–Crippen LogP) is 3.53. The van der Waals surface area contributed by atoms with Crippen LogP contribution in [0.1, 0.15) is 36.6 Å². The first kappa shape index (κ1) is 21.4. The average Bonchev–Trinajstić information content (AvgIpc) is 3.49. The third-order valence-electron chi connectivity index (χ3n) is 6.10. The minimum atomic E-state index is -1.16. The van der Waals surface area contributed by atoms with Crippen molar-refractivity contribution in [2.45, 2.75) is 31.9 Å². The smallest absolute Gasteiger partial charge is 0.170 e. The van der Waals surface area contributed by atoms with E-state index in [2.05, 4.69) is 32.3 Å². The number of aromatic nitrogens is 4. The Bertz CT molecular complexity index is 1530. The fourth-order valence-corrected chi connectivity index (χ4v) is 4.52. The van der Waals surface area contributed by atoms with E-state index in [9.17, 15) is 9.50 Å². The number of halogens is 1. The molecule has 0 unspecified atom stereocenters. The molecule has 1 atom stereocenters. The maximum absolute atomic E-state index is 14.8. The third-order valence-corrected chi connectivity index (χ3v) is 6.10. The second-order valence-electron chi connectivity index (χ2n) is 9.11. The number of rotatable bonds is 1. The SMILES string of the molecule is CC(C)(O)C#Cc1ncccc1-c1cc2c(n3cnnc13)NCc1c(F)ccc3c1[C@H](CO3)CO2. The van der Waals surface area contributed by atoms with Gasteiger partial charge in [-0.1, -0.05) is 5.92 Å². The van der Waals surface area contributed by atoms with Gasteiger partial charge >= 0.3 is 0 Å². The fourth-order valence-electron chi connectivity index (χ4n) is 4.52. The highest BCUT2D eigenvalue weighted by Crippen LogP contribution is 2.42. The van der Waals surface area contributed by atoms with Gasteiger partial charge in [-0.3, -0.25) is 4.40 Å². The van der Waals surface area contributed by atoms with Crippen LogP contribution in [0.2, 0.25) is 0 Å². The van der Waals surface area contributed by atoms with E-state index in [4.69, 9.17) is 9.47 Å². The van der Waals surface area contributed by atoms with Crippen molar-refractivity contribution in [2.75, 3.05) is 18.5 Å². The minimum absolute atomic E-state index is 0.0879. The molecule has 3 aromatic heterocycles. The van der Waals surface area contributed by atoms with Gasteiger partial charge in [0.2, 0.25) is 0 Å². The topological polar surface area (TPSA) is 93.8 Å². The molecule has 0 fully saturated rings. The van der Waals surface area contributed by atoms with Crippen LogP contribution in [-0.4, -0.2) is 43.5 Å². The molecule has 2 aliphatic heterocycles. The summed E-state index contributed by atoms with van der Waals surface area (Å²) in [6, 6.07) is 8.70. The Morgan fingerprint density at radius 1 is 1.17 bits per heavy atom. The van der Waals surface area contributed by atoms with Gasteiger partial charge in [0, 0.05) is 35.0 Å². The van der Waals surface area contributed by atoms with Crippen molar-refractivity contribution >= 4 is 11.5 Å². The molecule has 0 amide bonds. The van der Waals surface area contributed by atoms with Crippen molar-refractivity contribution in [3.8, 4) is 34.5 Å². The average molecular weight is 471 g/mol. The summed E-state index contributed by atoms with van der Waals surface area (Å²) in [5.41, 5.74) is 2.78. The van der Waals surface area contributed by atoms with Crippen LogP contribution in [0.15, 0.2) is 42.9 Å². The van der Waals surface area contributed by atoms with E-state index in [1.165, 1.54) is 6.07 Å². The zero-order chi connectivity index (χ0) is 24.2. The zero-order valence-corrected chi connectivity index (χ0v) is 19.2. The summed E-state index contributed by atoms with van der Waals surface area (Å²) in [7, 11) is 0. The molecule has 1 aromatic carbocycles. The maximum atomic E-state index is 14.8. The summed E-state index contributed by atoms with van der Waals surface area (Å²) >= 11 is 0. The molecule has 0 aliphatic carbocycles. The van der Waals surface area contributed by atoms with Gasteiger partial charge in [0.1, 0.15) is 29.2 Å². The van der Waals surface area contributed by atoms with Crippen LogP contribution < -0.4 is 14.8 Å². The molecular weight excluding hydrogens is 449 g/mol. The number of nitrogens with one attached hydrogen (secondary N) is 1. The van der Waals surface area contributed by atoms with Crippen molar-refractivity contribution in [3.63, 3.8) is 0 Å². The van der Waals surface area contributed by atoms with Gasteiger partial charge in [-0.25, -0.2) is 9.37 Å². The van der Waals surface area contributed by atoms with Crippen LogP contribution in [0.4, 0.5) is 10.2 Å². The molecular formula is C26H22FN5O3. The lowest BCUT2D eigenvalue weighted by Gasteiger charge is -2.17. The Morgan fingerprint density at radius 3 is 2.83 bits per heavy atom. The summed E-state index contributed by atoms with van der Waals surface area (Å²) < 4.78 is 28.7. The third kappa shape index (κ3) is 3.72. The predicted molar refractivity (Wildman–Crippen MR) is 127 cm³/mol. The standard InChI is InChI=1S/C26H22FN5O3/c1-26(2,33)8-7-20-16(4-3-9-28-20)17-10-22-25(32-14-30-31-24(17)32)29-11-18-19(27)5-6-21-23(18)15(12-34-21)13-35-22/h3-6,9-10,14-15,29,33H,11-13H2,1-2H3/t15-/m1/s1. The van der Waals surface area contributed by atoms with E-state index in [1.807, 2.05) is 18.2 Å². The summed E-state index contributed by atoms with van der Waals surface area (Å²) in [6.07, 6.45) is 3.24. The molecule has 0 bridgehead atoms. The molecule has 5 heterocycles. The Kier molecular flexibility index (Phi) is 4.86. The minimum Gasteiger partial charge on any atom is -0.493 e. The lowest BCUT2D eigenvalue weighted by Crippen LogP contribution is -2.14. The highest BCUT2D eigenvalue weighted by molar-refractivity contribution is 5.84. The van der Waals surface area contributed by atoms with Crippen molar-refractivity contribution in [1.82, 2.24) is 19.6 Å². The second-order valence-corrected chi connectivity index (χ2v) is 9.11. The molecule has 0 saturated heterocycles. The van der Waals surface area contributed by atoms with Crippen LogP contribution in [-0.2, 0) is 6.54 Å². The Morgan fingerprint density at radius 2 is 2.00 bits per heavy atom. The van der Waals surface area contributed by atoms with Crippen LogP contribution >= 0.6 is 0 Å². The van der Waals surface area contributed by atoms with Crippen LogP contribution in [0.3, 0.4) is 0 Å². The number of benzene rings is 1. The van der Waals surface area contributed by atoms with Gasteiger partial charge in [-0.05, 0) is 50.1 Å². The molecule has 0 radical (unpaired) electrons. The maximum Gasteiger partial charge on any atom is 0.170 e. The molecule has 6 rings (SSSR count). The molecule has 35 heavy (non-hydrogen) atoms. The summed E-state index contributed by atoms with van der Waals surface area (Å²) in [5.74, 6) is 7.32. The van der Waals surface area contributed by atoms with Gasteiger partial charge in [-0.15, -0.1) is 10.2 Å². The van der Waals surface area contributed by atoms with Gasteiger partial charge in [0.25, 0.3) is 0 Å². The molecule has 8 nitrogen and oxygen atoms in total. The number of aliphatic hydroxyl groups is 1. The van der Waals surface area contributed by atoms with Crippen LogP contribution in [0.25, 0.3) is 16.8 Å².